The van der Waals surface area contributed by atoms with E-state index in [0.29, 0.717) is 31.6 Å². The van der Waals surface area contributed by atoms with Crippen LogP contribution >= 0.6 is 0 Å². The van der Waals surface area contributed by atoms with Crippen LogP contribution in [0.25, 0.3) is 0 Å². The smallest absolute Gasteiger partial charge is 0.315 e. The molecule has 2 fully saturated rings. The van der Waals surface area contributed by atoms with E-state index in [0.717, 1.165) is 18.4 Å². The maximum Gasteiger partial charge on any atom is 0.315 e. The fraction of sp³-hybridized carbons (Fsp3) is 0.556. The highest BCUT2D eigenvalue weighted by molar-refractivity contribution is 5.75. The Morgan fingerprint density at radius 2 is 1.54 bits per heavy atom. The minimum Gasteiger partial charge on any atom is -0.481 e. The molecule has 0 radical (unpaired) electrons. The van der Waals surface area contributed by atoms with Crippen molar-refractivity contribution in [3.63, 3.8) is 0 Å². The summed E-state index contributed by atoms with van der Waals surface area (Å²) in [5.74, 6) is -0.861. The predicted octanol–water partition coefficient (Wildman–Crippen LogP) is 3.01. The molecule has 0 heterocycles. The van der Waals surface area contributed by atoms with Crippen molar-refractivity contribution in [2.75, 3.05) is 0 Å². The molecule has 0 saturated heterocycles. The van der Waals surface area contributed by atoms with Gasteiger partial charge in [-0.1, -0.05) is 12.1 Å². The molecule has 3 N–H and O–H groups in total. The number of amides is 2. The summed E-state index contributed by atoms with van der Waals surface area (Å²) in [6.45, 7) is 0. The summed E-state index contributed by atoms with van der Waals surface area (Å²) in [5.41, 5.74) is 1.11. The monoisotopic (exact) mass is 334 g/mol. The molecule has 2 aliphatic rings. The summed E-state index contributed by atoms with van der Waals surface area (Å²) in [6.07, 6.45) is 4.41. The van der Waals surface area contributed by atoms with Gasteiger partial charge in [0.25, 0.3) is 0 Å². The number of rotatable bonds is 4. The van der Waals surface area contributed by atoms with Gasteiger partial charge in [0.05, 0.1) is 5.92 Å². The van der Waals surface area contributed by atoms with Crippen LogP contribution in [-0.2, 0) is 4.79 Å². The standard InChI is InChI=1S/C18H23FN2O3/c19-14-5-1-11(2-6-14)13-9-16(10-13)21-18(24)20-15-7-3-12(4-8-15)17(22)23/h1-2,5-6,12-13,15-16H,3-4,7-10H2,(H,22,23)(H2,20,21,24). The number of carboxylic acids is 1. The summed E-state index contributed by atoms with van der Waals surface area (Å²) in [6, 6.07) is 6.58. The van der Waals surface area contributed by atoms with Crippen molar-refractivity contribution < 1.29 is 19.1 Å². The summed E-state index contributed by atoms with van der Waals surface area (Å²) >= 11 is 0. The van der Waals surface area contributed by atoms with Gasteiger partial charge in [0.2, 0.25) is 0 Å². The first kappa shape index (κ1) is 16.7. The quantitative estimate of drug-likeness (QED) is 0.792. The average molecular weight is 334 g/mol. The van der Waals surface area contributed by atoms with E-state index in [4.69, 9.17) is 5.11 Å². The first-order valence-corrected chi connectivity index (χ1v) is 8.56. The summed E-state index contributed by atoms with van der Waals surface area (Å²) in [5, 5.41) is 14.9. The Morgan fingerprint density at radius 3 is 2.12 bits per heavy atom. The van der Waals surface area contributed by atoms with Crippen LogP contribution in [0.1, 0.15) is 50.0 Å². The lowest BCUT2D eigenvalue weighted by molar-refractivity contribution is -0.142. The largest absolute Gasteiger partial charge is 0.481 e. The van der Waals surface area contributed by atoms with Crippen LogP contribution < -0.4 is 10.6 Å². The molecule has 2 aliphatic carbocycles. The van der Waals surface area contributed by atoms with Crippen LogP contribution in [0.5, 0.6) is 0 Å². The van der Waals surface area contributed by atoms with Crippen LogP contribution in [0, 0.1) is 11.7 Å². The number of hydrogen-bond acceptors (Lipinski definition) is 2. The molecular weight excluding hydrogens is 311 g/mol. The van der Waals surface area contributed by atoms with Gasteiger partial charge in [-0.05, 0) is 62.1 Å². The zero-order valence-electron chi connectivity index (χ0n) is 13.5. The van der Waals surface area contributed by atoms with E-state index in [1.807, 2.05) is 0 Å². The second-order valence-electron chi connectivity index (χ2n) is 6.92. The molecule has 5 nitrogen and oxygen atoms in total. The fourth-order valence-electron chi connectivity index (χ4n) is 3.64. The molecule has 0 aromatic heterocycles. The van der Waals surface area contributed by atoms with Crippen molar-refractivity contribution in [2.45, 2.75) is 56.5 Å². The van der Waals surface area contributed by atoms with Crippen LogP contribution in [0.2, 0.25) is 0 Å². The Balaban J connectivity index is 1.37. The molecule has 2 amide bonds. The van der Waals surface area contributed by atoms with Crippen LogP contribution in [-0.4, -0.2) is 29.2 Å². The van der Waals surface area contributed by atoms with Gasteiger partial charge in [0.1, 0.15) is 5.82 Å². The lowest BCUT2D eigenvalue weighted by Crippen LogP contribution is -2.50. The number of aliphatic carboxylic acids is 1. The third-order valence-corrected chi connectivity index (χ3v) is 5.23. The number of carboxylic acid groups (broad SMARTS) is 1. The molecule has 1 aromatic carbocycles. The lowest BCUT2D eigenvalue weighted by Gasteiger charge is -2.37. The Kier molecular flexibility index (Phi) is 5.02. The lowest BCUT2D eigenvalue weighted by atomic mass is 9.76. The van der Waals surface area contributed by atoms with Crippen molar-refractivity contribution in [2.24, 2.45) is 5.92 Å². The fourth-order valence-corrected chi connectivity index (χ4v) is 3.64. The second-order valence-corrected chi connectivity index (χ2v) is 6.92. The van der Waals surface area contributed by atoms with Crippen LogP contribution in [0.15, 0.2) is 24.3 Å². The van der Waals surface area contributed by atoms with Gasteiger partial charge >= 0.3 is 12.0 Å². The van der Waals surface area contributed by atoms with Gasteiger partial charge in [-0.2, -0.15) is 0 Å². The summed E-state index contributed by atoms with van der Waals surface area (Å²) in [4.78, 5) is 23.0. The molecule has 6 heteroatoms. The molecule has 0 spiro atoms. The molecule has 0 bridgehead atoms. The predicted molar refractivity (Wildman–Crippen MR) is 87.2 cm³/mol. The van der Waals surface area contributed by atoms with E-state index < -0.39 is 5.97 Å². The number of hydrogen-bond donors (Lipinski definition) is 3. The first-order chi connectivity index (χ1) is 11.5. The zero-order valence-corrected chi connectivity index (χ0v) is 13.5. The van der Waals surface area contributed by atoms with Crippen molar-refractivity contribution in [1.82, 2.24) is 10.6 Å². The Bertz CT molecular complexity index is 591. The highest BCUT2D eigenvalue weighted by atomic mass is 19.1. The van der Waals surface area contributed by atoms with Gasteiger partial charge in [-0.25, -0.2) is 9.18 Å². The molecule has 0 atom stereocenters. The molecular formula is C18H23FN2O3. The van der Waals surface area contributed by atoms with E-state index >= 15 is 0 Å². The second kappa shape index (κ2) is 7.20. The Hall–Kier alpha value is -2.11. The molecule has 24 heavy (non-hydrogen) atoms. The summed E-state index contributed by atoms with van der Waals surface area (Å²) < 4.78 is 12.9. The van der Waals surface area contributed by atoms with Gasteiger partial charge < -0.3 is 15.7 Å². The van der Waals surface area contributed by atoms with Gasteiger partial charge in [-0.15, -0.1) is 0 Å². The van der Waals surface area contributed by atoms with E-state index in [2.05, 4.69) is 10.6 Å². The maximum absolute atomic E-state index is 12.9. The maximum atomic E-state index is 12.9. The first-order valence-electron chi connectivity index (χ1n) is 8.56. The number of benzene rings is 1. The van der Waals surface area contributed by atoms with Gasteiger partial charge in [0.15, 0.2) is 0 Å². The highest BCUT2D eigenvalue weighted by Crippen LogP contribution is 2.36. The van der Waals surface area contributed by atoms with E-state index in [-0.39, 0.29) is 29.8 Å². The zero-order chi connectivity index (χ0) is 17.1. The minimum absolute atomic E-state index is 0.0635. The van der Waals surface area contributed by atoms with Crippen molar-refractivity contribution >= 4 is 12.0 Å². The molecule has 1 aromatic rings. The number of nitrogens with one attached hydrogen (secondary N) is 2. The minimum atomic E-state index is -0.737. The Labute approximate surface area is 140 Å². The summed E-state index contributed by atoms with van der Waals surface area (Å²) in [7, 11) is 0. The normalized spacial score (nSPS) is 29.4. The third-order valence-electron chi connectivity index (χ3n) is 5.23. The SMILES string of the molecule is O=C(NC1CCC(C(=O)O)CC1)NC1CC(c2ccc(F)cc2)C1. The molecule has 0 unspecified atom stereocenters. The van der Waals surface area contributed by atoms with Crippen LogP contribution in [0.3, 0.4) is 0 Å². The average Bonchev–Trinajstić information content (AvgIpc) is 2.52. The van der Waals surface area contributed by atoms with Crippen LogP contribution in [0.4, 0.5) is 9.18 Å². The van der Waals surface area contributed by atoms with Crippen molar-refractivity contribution in [3.8, 4) is 0 Å². The van der Waals surface area contributed by atoms with Crippen molar-refractivity contribution in [1.29, 1.82) is 0 Å². The number of halogens is 1. The van der Waals surface area contributed by atoms with Gasteiger partial charge in [0, 0.05) is 12.1 Å². The molecule has 2 saturated carbocycles. The molecule has 0 aliphatic heterocycles. The number of urea groups is 1. The van der Waals surface area contributed by atoms with E-state index in [9.17, 15) is 14.0 Å². The van der Waals surface area contributed by atoms with E-state index in [1.165, 1.54) is 12.1 Å². The van der Waals surface area contributed by atoms with Gasteiger partial charge in [-0.3, -0.25) is 4.79 Å². The molecule has 130 valence electrons. The van der Waals surface area contributed by atoms with Crippen molar-refractivity contribution in [3.05, 3.63) is 35.6 Å². The highest BCUT2D eigenvalue weighted by Gasteiger charge is 2.32. The number of carbonyl (C=O) groups is 2. The Morgan fingerprint density at radius 1 is 0.958 bits per heavy atom. The third kappa shape index (κ3) is 4.04. The van der Waals surface area contributed by atoms with E-state index in [1.54, 1.807) is 12.1 Å². The molecule has 3 rings (SSSR count). The number of carbonyl (C=O) groups excluding carboxylic acids is 1. The topological polar surface area (TPSA) is 78.4 Å².